The Labute approximate surface area is 173 Å². The first-order valence-electron chi connectivity index (χ1n) is 9.77. The van der Waals surface area contributed by atoms with Gasteiger partial charge in [-0.2, -0.15) is 0 Å². The highest BCUT2D eigenvalue weighted by Gasteiger charge is 2.32. The van der Waals surface area contributed by atoms with Crippen LogP contribution in [-0.4, -0.2) is 67.8 Å². The molecule has 156 valence electrons. The minimum absolute atomic E-state index is 0.141. The molecule has 0 bridgehead atoms. The first-order valence-corrected chi connectivity index (χ1v) is 9.77. The maximum absolute atomic E-state index is 12.3. The summed E-state index contributed by atoms with van der Waals surface area (Å²) in [5.41, 5.74) is 1.55. The minimum atomic E-state index is -1.04. The number of carbonyl (C=O) groups is 2. The Balaban J connectivity index is 1.67. The Morgan fingerprint density at radius 1 is 1.07 bits per heavy atom. The van der Waals surface area contributed by atoms with Crippen molar-refractivity contribution in [3.63, 3.8) is 0 Å². The second-order valence-electron chi connectivity index (χ2n) is 7.40. The van der Waals surface area contributed by atoms with Crippen LogP contribution in [0.1, 0.15) is 28.4 Å². The molecular weight excluding hydrogens is 386 g/mol. The fourth-order valence-corrected chi connectivity index (χ4v) is 4.11. The molecule has 4 rings (SSSR count). The van der Waals surface area contributed by atoms with Gasteiger partial charge in [0, 0.05) is 68.3 Å². The fraction of sp³-hybridized carbons (Fsp3) is 0.333. The molecule has 1 aliphatic rings. The Morgan fingerprint density at radius 2 is 1.83 bits per heavy atom. The summed E-state index contributed by atoms with van der Waals surface area (Å²) in [4.78, 5) is 36.4. The molecule has 0 unspecified atom stereocenters. The number of hydrogen-bond donors (Lipinski definition) is 2. The molecule has 1 saturated heterocycles. The molecule has 0 aliphatic carbocycles. The largest absolute Gasteiger partial charge is 0.480 e. The number of nitrogens with zero attached hydrogens (tertiary/aromatic N) is 5. The van der Waals surface area contributed by atoms with Crippen LogP contribution >= 0.6 is 0 Å². The summed E-state index contributed by atoms with van der Waals surface area (Å²) >= 11 is 0. The van der Waals surface area contributed by atoms with E-state index in [1.807, 2.05) is 16.5 Å². The van der Waals surface area contributed by atoms with Crippen molar-refractivity contribution in [2.45, 2.75) is 12.5 Å². The van der Waals surface area contributed by atoms with Gasteiger partial charge in [0.05, 0.1) is 5.56 Å². The zero-order valence-corrected chi connectivity index (χ0v) is 16.6. The lowest BCUT2D eigenvalue weighted by Gasteiger charge is -2.27. The molecule has 0 spiro atoms. The number of aliphatic carboxylic acids is 1. The van der Waals surface area contributed by atoms with E-state index >= 15 is 0 Å². The van der Waals surface area contributed by atoms with E-state index < -0.39 is 18.0 Å². The molecule has 3 aromatic rings. The average molecular weight is 409 g/mol. The minimum Gasteiger partial charge on any atom is -0.480 e. The molecular formula is C21H23N5O4. The van der Waals surface area contributed by atoms with Gasteiger partial charge < -0.3 is 19.7 Å². The van der Waals surface area contributed by atoms with Gasteiger partial charge in [-0.25, -0.2) is 14.8 Å². The summed E-state index contributed by atoms with van der Waals surface area (Å²) < 4.78 is 1.84. The smallest absolute Gasteiger partial charge is 0.335 e. The monoisotopic (exact) mass is 409 g/mol. The Hall–Kier alpha value is -3.46. The summed E-state index contributed by atoms with van der Waals surface area (Å²) in [6.45, 7) is 2.49. The highest BCUT2D eigenvalue weighted by molar-refractivity contribution is 5.96. The Morgan fingerprint density at radius 3 is 2.53 bits per heavy atom. The lowest BCUT2D eigenvalue weighted by molar-refractivity contribution is -0.143. The lowest BCUT2D eigenvalue weighted by Crippen LogP contribution is -2.37. The summed E-state index contributed by atoms with van der Waals surface area (Å²) in [5, 5.41) is 20.1. The van der Waals surface area contributed by atoms with E-state index in [9.17, 15) is 19.8 Å². The first kappa shape index (κ1) is 19.8. The summed E-state index contributed by atoms with van der Waals surface area (Å²) in [6, 6.07) is 5.71. The van der Waals surface area contributed by atoms with Crippen LogP contribution in [0.25, 0.3) is 10.9 Å². The van der Waals surface area contributed by atoms with Crippen molar-refractivity contribution in [3.05, 3.63) is 54.0 Å². The van der Waals surface area contributed by atoms with Crippen molar-refractivity contribution in [2.24, 2.45) is 7.05 Å². The lowest BCUT2D eigenvalue weighted by atomic mass is 10.0. The third kappa shape index (κ3) is 3.71. The van der Waals surface area contributed by atoms with Crippen LogP contribution in [0.4, 0.5) is 5.95 Å². The number of rotatable bonds is 5. The van der Waals surface area contributed by atoms with Gasteiger partial charge in [-0.1, -0.05) is 0 Å². The van der Waals surface area contributed by atoms with Crippen molar-refractivity contribution < 1.29 is 19.8 Å². The van der Waals surface area contributed by atoms with Crippen molar-refractivity contribution in [3.8, 4) is 0 Å². The second-order valence-corrected chi connectivity index (χ2v) is 7.40. The molecule has 9 heteroatoms. The zero-order chi connectivity index (χ0) is 21.3. The number of aromatic nitrogens is 3. The van der Waals surface area contributed by atoms with Gasteiger partial charge in [0.25, 0.3) is 0 Å². The van der Waals surface area contributed by atoms with Gasteiger partial charge in [-0.05, 0) is 30.7 Å². The van der Waals surface area contributed by atoms with E-state index in [1.165, 1.54) is 6.07 Å². The number of aryl methyl sites for hydroxylation is 1. The molecule has 0 saturated carbocycles. The summed E-state index contributed by atoms with van der Waals surface area (Å²) in [7, 11) is 1.84. The van der Waals surface area contributed by atoms with Crippen LogP contribution in [0.15, 0.2) is 42.9 Å². The predicted molar refractivity (Wildman–Crippen MR) is 111 cm³/mol. The van der Waals surface area contributed by atoms with Crippen LogP contribution in [0.2, 0.25) is 0 Å². The SMILES string of the molecule is Cn1cc([C@H](C(=O)O)N2CCCN(c3ncccn3)CC2)c2cc(C(=O)O)ccc21. The van der Waals surface area contributed by atoms with Crippen molar-refractivity contribution in [1.82, 2.24) is 19.4 Å². The maximum atomic E-state index is 12.3. The van der Waals surface area contributed by atoms with E-state index in [0.717, 1.165) is 18.5 Å². The molecule has 1 atom stereocenters. The molecule has 1 aliphatic heterocycles. The van der Waals surface area contributed by atoms with Gasteiger partial charge in [0.2, 0.25) is 5.95 Å². The number of aromatic carboxylic acids is 1. The number of benzene rings is 1. The maximum Gasteiger partial charge on any atom is 0.335 e. The van der Waals surface area contributed by atoms with Crippen LogP contribution in [0.5, 0.6) is 0 Å². The van der Waals surface area contributed by atoms with Crippen LogP contribution in [-0.2, 0) is 11.8 Å². The summed E-state index contributed by atoms with van der Waals surface area (Å²) in [6.07, 6.45) is 5.95. The molecule has 1 fully saturated rings. The topological polar surface area (TPSA) is 112 Å². The van der Waals surface area contributed by atoms with Gasteiger partial charge >= 0.3 is 11.9 Å². The second kappa shape index (κ2) is 8.11. The normalized spacial score (nSPS) is 16.4. The van der Waals surface area contributed by atoms with E-state index in [-0.39, 0.29) is 5.56 Å². The zero-order valence-electron chi connectivity index (χ0n) is 16.6. The van der Waals surface area contributed by atoms with Gasteiger partial charge in [-0.15, -0.1) is 0 Å². The molecule has 0 amide bonds. The standard InChI is InChI=1S/C21H23N5O4/c1-24-13-16(15-12-14(19(27)28)4-5-17(15)24)18(20(29)30)25-8-3-9-26(11-10-25)21-22-6-2-7-23-21/h2,4-7,12-13,18H,3,8-11H2,1H3,(H,27,28)(H,29,30)/t18-/m1/s1. The van der Waals surface area contributed by atoms with Crippen LogP contribution in [0.3, 0.4) is 0 Å². The molecule has 2 aromatic heterocycles. The fourth-order valence-electron chi connectivity index (χ4n) is 4.11. The van der Waals surface area contributed by atoms with Crippen LogP contribution in [0, 0.1) is 0 Å². The van der Waals surface area contributed by atoms with Crippen molar-refractivity contribution >= 4 is 28.8 Å². The third-order valence-corrected chi connectivity index (χ3v) is 5.53. The molecule has 2 N–H and O–H groups in total. The first-order chi connectivity index (χ1) is 14.5. The molecule has 30 heavy (non-hydrogen) atoms. The quantitative estimate of drug-likeness (QED) is 0.658. The van der Waals surface area contributed by atoms with Crippen molar-refractivity contribution in [1.29, 1.82) is 0 Å². The van der Waals surface area contributed by atoms with Crippen LogP contribution < -0.4 is 4.90 Å². The predicted octanol–water partition coefficient (Wildman–Crippen LogP) is 2.00. The molecule has 9 nitrogen and oxygen atoms in total. The Kier molecular flexibility index (Phi) is 5.37. The number of carboxylic acid groups (broad SMARTS) is 2. The van der Waals surface area contributed by atoms with E-state index in [1.54, 1.807) is 36.8 Å². The van der Waals surface area contributed by atoms with E-state index in [0.29, 0.717) is 36.5 Å². The third-order valence-electron chi connectivity index (χ3n) is 5.53. The number of anilines is 1. The molecule has 0 radical (unpaired) electrons. The highest BCUT2D eigenvalue weighted by Crippen LogP contribution is 2.32. The number of carboxylic acids is 2. The average Bonchev–Trinajstić information content (AvgIpc) is 2.90. The number of fused-ring (bicyclic) bond motifs is 1. The molecule has 1 aromatic carbocycles. The van der Waals surface area contributed by atoms with Gasteiger partial charge in [0.1, 0.15) is 6.04 Å². The van der Waals surface area contributed by atoms with Crippen molar-refractivity contribution in [2.75, 3.05) is 31.1 Å². The van der Waals surface area contributed by atoms with E-state index in [4.69, 9.17) is 0 Å². The number of hydrogen-bond acceptors (Lipinski definition) is 6. The molecule has 3 heterocycles. The van der Waals surface area contributed by atoms with Gasteiger partial charge in [-0.3, -0.25) is 9.69 Å². The Bertz CT molecular complexity index is 1080. The van der Waals surface area contributed by atoms with Gasteiger partial charge in [0.15, 0.2) is 0 Å². The highest BCUT2D eigenvalue weighted by atomic mass is 16.4. The summed E-state index contributed by atoms with van der Waals surface area (Å²) in [5.74, 6) is -1.35. The van der Waals surface area contributed by atoms with E-state index in [2.05, 4.69) is 14.9 Å².